The molecule has 3 unspecified atom stereocenters. The van der Waals surface area contributed by atoms with E-state index in [0.717, 1.165) is 23.8 Å². The number of nitrogens with two attached hydrogens (primary N) is 1. The molecule has 2 rings (SSSR count). The molecule has 1 heterocycles. The zero-order valence-corrected chi connectivity index (χ0v) is 12.2. The lowest BCUT2D eigenvalue weighted by Gasteiger charge is -2.38. The SMILES string of the molecule is CC(C)c1csc(C2(N)CCC(C)C(C)C2)n1. The summed E-state index contributed by atoms with van der Waals surface area (Å²) in [4.78, 5) is 4.76. The fraction of sp³-hybridized carbons (Fsp3) is 0.786. The summed E-state index contributed by atoms with van der Waals surface area (Å²) in [6.45, 7) is 9.04. The quantitative estimate of drug-likeness (QED) is 0.867. The van der Waals surface area contributed by atoms with Gasteiger partial charge < -0.3 is 5.73 Å². The third kappa shape index (κ3) is 2.55. The Balaban J connectivity index is 2.20. The van der Waals surface area contributed by atoms with E-state index in [1.165, 1.54) is 12.1 Å². The van der Waals surface area contributed by atoms with Crippen molar-refractivity contribution < 1.29 is 0 Å². The van der Waals surface area contributed by atoms with Gasteiger partial charge in [-0.25, -0.2) is 4.98 Å². The van der Waals surface area contributed by atoms with Crippen molar-refractivity contribution in [3.63, 3.8) is 0 Å². The highest BCUT2D eigenvalue weighted by Crippen LogP contribution is 2.42. The van der Waals surface area contributed by atoms with Crippen LogP contribution in [0.25, 0.3) is 0 Å². The minimum Gasteiger partial charge on any atom is -0.319 e. The summed E-state index contributed by atoms with van der Waals surface area (Å²) in [7, 11) is 0. The van der Waals surface area contributed by atoms with Crippen molar-refractivity contribution >= 4 is 11.3 Å². The first kappa shape index (κ1) is 13.0. The Morgan fingerprint density at radius 2 is 2.12 bits per heavy atom. The first-order chi connectivity index (χ1) is 7.92. The summed E-state index contributed by atoms with van der Waals surface area (Å²) in [6, 6.07) is 0. The van der Waals surface area contributed by atoms with Gasteiger partial charge in [-0.05, 0) is 37.0 Å². The van der Waals surface area contributed by atoms with Gasteiger partial charge in [-0.3, -0.25) is 0 Å². The van der Waals surface area contributed by atoms with Crippen LogP contribution < -0.4 is 5.73 Å². The molecule has 0 aliphatic heterocycles. The summed E-state index contributed by atoms with van der Waals surface area (Å²) in [5.74, 6) is 2.01. The smallest absolute Gasteiger partial charge is 0.113 e. The fourth-order valence-electron chi connectivity index (χ4n) is 2.62. The van der Waals surface area contributed by atoms with Crippen molar-refractivity contribution in [2.45, 2.75) is 58.4 Å². The van der Waals surface area contributed by atoms with Crippen LogP contribution in [0.15, 0.2) is 5.38 Å². The van der Waals surface area contributed by atoms with E-state index in [1.54, 1.807) is 11.3 Å². The summed E-state index contributed by atoms with van der Waals surface area (Å²) < 4.78 is 0. The Hall–Kier alpha value is -0.410. The van der Waals surface area contributed by atoms with Gasteiger partial charge in [0.05, 0.1) is 11.2 Å². The van der Waals surface area contributed by atoms with Crippen LogP contribution in [0.3, 0.4) is 0 Å². The molecule has 1 aromatic rings. The highest BCUT2D eigenvalue weighted by molar-refractivity contribution is 7.09. The van der Waals surface area contributed by atoms with E-state index < -0.39 is 0 Å². The van der Waals surface area contributed by atoms with Gasteiger partial charge in [0.2, 0.25) is 0 Å². The molecule has 1 saturated carbocycles. The molecule has 0 amide bonds. The molecular formula is C14H24N2S. The first-order valence-electron chi connectivity index (χ1n) is 6.67. The van der Waals surface area contributed by atoms with Crippen LogP contribution in [-0.2, 0) is 5.54 Å². The van der Waals surface area contributed by atoms with Gasteiger partial charge in [0.1, 0.15) is 5.01 Å². The van der Waals surface area contributed by atoms with Crippen LogP contribution in [-0.4, -0.2) is 4.98 Å². The molecule has 2 N–H and O–H groups in total. The minimum atomic E-state index is -0.163. The number of hydrogen-bond acceptors (Lipinski definition) is 3. The number of rotatable bonds is 2. The summed E-state index contributed by atoms with van der Waals surface area (Å²) in [6.07, 6.45) is 3.40. The van der Waals surface area contributed by atoms with Gasteiger partial charge in [0.25, 0.3) is 0 Å². The van der Waals surface area contributed by atoms with Gasteiger partial charge in [0, 0.05) is 5.38 Å². The molecule has 96 valence electrons. The van der Waals surface area contributed by atoms with E-state index in [-0.39, 0.29) is 5.54 Å². The predicted molar refractivity (Wildman–Crippen MR) is 74.2 cm³/mol. The van der Waals surface area contributed by atoms with E-state index >= 15 is 0 Å². The minimum absolute atomic E-state index is 0.163. The first-order valence-corrected chi connectivity index (χ1v) is 7.55. The molecular weight excluding hydrogens is 228 g/mol. The molecule has 17 heavy (non-hydrogen) atoms. The Morgan fingerprint density at radius 1 is 1.41 bits per heavy atom. The summed E-state index contributed by atoms with van der Waals surface area (Å²) >= 11 is 1.75. The average Bonchev–Trinajstić information content (AvgIpc) is 2.74. The molecule has 1 aliphatic rings. The number of hydrogen-bond donors (Lipinski definition) is 1. The fourth-order valence-corrected chi connectivity index (χ4v) is 3.76. The molecule has 0 spiro atoms. The zero-order chi connectivity index (χ0) is 12.6. The molecule has 2 nitrogen and oxygen atoms in total. The van der Waals surface area contributed by atoms with E-state index in [2.05, 4.69) is 33.1 Å². The molecule has 3 heteroatoms. The topological polar surface area (TPSA) is 38.9 Å². The monoisotopic (exact) mass is 252 g/mol. The van der Waals surface area contributed by atoms with Crippen molar-refractivity contribution in [2.24, 2.45) is 17.6 Å². The lowest BCUT2D eigenvalue weighted by atomic mass is 9.72. The number of thiazole rings is 1. The molecule has 1 fully saturated rings. The standard InChI is InChI=1S/C14H24N2S/c1-9(2)12-8-17-13(16-12)14(15)6-5-10(3)11(4)7-14/h8-11H,5-7,15H2,1-4H3. The molecule has 1 aromatic heterocycles. The van der Waals surface area contributed by atoms with E-state index in [4.69, 9.17) is 10.7 Å². The third-order valence-electron chi connectivity index (χ3n) is 4.24. The maximum Gasteiger partial charge on any atom is 0.113 e. The van der Waals surface area contributed by atoms with Crippen LogP contribution in [0, 0.1) is 11.8 Å². The largest absolute Gasteiger partial charge is 0.319 e. The molecule has 0 bridgehead atoms. The second-order valence-corrected chi connectivity index (χ2v) is 6.94. The van der Waals surface area contributed by atoms with Crippen molar-refractivity contribution in [3.8, 4) is 0 Å². The molecule has 3 atom stereocenters. The Kier molecular flexibility index (Phi) is 3.60. The maximum atomic E-state index is 6.59. The van der Waals surface area contributed by atoms with E-state index in [1.807, 2.05) is 0 Å². The Morgan fingerprint density at radius 3 is 2.65 bits per heavy atom. The van der Waals surface area contributed by atoms with Crippen LogP contribution in [0.2, 0.25) is 0 Å². The van der Waals surface area contributed by atoms with Gasteiger partial charge in [0.15, 0.2) is 0 Å². The zero-order valence-electron chi connectivity index (χ0n) is 11.4. The van der Waals surface area contributed by atoms with E-state index in [9.17, 15) is 0 Å². The molecule has 0 saturated heterocycles. The van der Waals surface area contributed by atoms with Gasteiger partial charge >= 0.3 is 0 Å². The summed E-state index contributed by atoms with van der Waals surface area (Å²) in [5.41, 5.74) is 7.63. The van der Waals surface area contributed by atoms with Crippen LogP contribution in [0.5, 0.6) is 0 Å². The average molecular weight is 252 g/mol. The van der Waals surface area contributed by atoms with Crippen molar-refractivity contribution in [1.29, 1.82) is 0 Å². The Bertz CT molecular complexity index is 385. The highest BCUT2D eigenvalue weighted by atomic mass is 32.1. The van der Waals surface area contributed by atoms with Gasteiger partial charge in [-0.1, -0.05) is 27.7 Å². The van der Waals surface area contributed by atoms with Crippen molar-refractivity contribution in [2.75, 3.05) is 0 Å². The van der Waals surface area contributed by atoms with Gasteiger partial charge in [-0.2, -0.15) is 0 Å². The van der Waals surface area contributed by atoms with Crippen molar-refractivity contribution in [1.82, 2.24) is 4.98 Å². The van der Waals surface area contributed by atoms with Crippen LogP contribution >= 0.6 is 11.3 Å². The third-order valence-corrected chi connectivity index (χ3v) is 5.32. The summed E-state index contributed by atoms with van der Waals surface area (Å²) in [5, 5.41) is 3.33. The van der Waals surface area contributed by atoms with Crippen LogP contribution in [0.4, 0.5) is 0 Å². The van der Waals surface area contributed by atoms with Gasteiger partial charge in [-0.15, -0.1) is 11.3 Å². The number of nitrogens with zero attached hydrogens (tertiary/aromatic N) is 1. The normalized spacial score (nSPS) is 34.2. The van der Waals surface area contributed by atoms with E-state index in [0.29, 0.717) is 11.8 Å². The molecule has 0 aromatic carbocycles. The second-order valence-electron chi connectivity index (χ2n) is 6.09. The maximum absolute atomic E-state index is 6.59. The number of aromatic nitrogens is 1. The Labute approximate surface area is 109 Å². The highest BCUT2D eigenvalue weighted by Gasteiger charge is 2.38. The predicted octanol–water partition coefficient (Wildman–Crippen LogP) is 3.88. The van der Waals surface area contributed by atoms with Crippen LogP contribution in [0.1, 0.15) is 63.6 Å². The lowest BCUT2D eigenvalue weighted by molar-refractivity contribution is 0.176. The molecule has 1 aliphatic carbocycles. The lowest BCUT2D eigenvalue weighted by Crippen LogP contribution is -2.43. The second kappa shape index (κ2) is 4.69. The molecule has 0 radical (unpaired) electrons. The van der Waals surface area contributed by atoms with Crippen molar-refractivity contribution in [3.05, 3.63) is 16.1 Å².